The van der Waals surface area contributed by atoms with E-state index in [1.165, 1.54) is 16.4 Å². The minimum atomic E-state index is -3.64. The lowest BCUT2D eigenvalue weighted by Gasteiger charge is -2.35. The van der Waals surface area contributed by atoms with E-state index in [0.29, 0.717) is 43.3 Å². The highest BCUT2D eigenvalue weighted by molar-refractivity contribution is 7.89. The van der Waals surface area contributed by atoms with Gasteiger partial charge in [0.1, 0.15) is 23.2 Å². The summed E-state index contributed by atoms with van der Waals surface area (Å²) in [5, 5.41) is 5.57. The van der Waals surface area contributed by atoms with Gasteiger partial charge in [0.05, 0.1) is 28.8 Å². The van der Waals surface area contributed by atoms with Gasteiger partial charge in [-0.25, -0.2) is 27.5 Å². The van der Waals surface area contributed by atoms with Gasteiger partial charge in [0.2, 0.25) is 10.0 Å². The number of aromatic nitrogens is 4. The van der Waals surface area contributed by atoms with E-state index < -0.39 is 10.0 Å². The quantitative estimate of drug-likeness (QED) is 0.313. The fraction of sp³-hybridized carbons (Fsp3) is 0.393. The molecular formula is C28H33FN6O3S. The molecule has 1 unspecified atom stereocenters. The molecule has 0 bridgehead atoms. The molecule has 4 aromatic rings. The number of methoxy groups -OCH3 is 1. The zero-order valence-electron chi connectivity index (χ0n) is 22.6. The molecule has 0 aliphatic carbocycles. The molecule has 11 heteroatoms. The van der Waals surface area contributed by atoms with Crippen LogP contribution in [0.3, 0.4) is 0 Å². The van der Waals surface area contributed by atoms with Crippen LogP contribution in [0.25, 0.3) is 16.7 Å². The summed E-state index contributed by atoms with van der Waals surface area (Å²) in [6.07, 6.45) is 1.93. The monoisotopic (exact) mass is 552 g/mol. The highest BCUT2D eigenvalue weighted by atomic mass is 32.2. The van der Waals surface area contributed by atoms with Crippen LogP contribution in [-0.2, 0) is 10.0 Å². The van der Waals surface area contributed by atoms with Crippen molar-refractivity contribution in [1.82, 2.24) is 24.1 Å². The standard InChI is InChI=1S/C28H33FN6O3S/c1-5-6-19(2)26-30-27(25-20(3)32-35(28(25)31-26)22-9-7-21(29)8-10-22)33-15-17-34(18-16-33)39(36,37)24-13-11-23(38-4)12-14-24/h7-14,19H,5-6,15-18H2,1-4H3. The van der Waals surface area contributed by atoms with Crippen molar-refractivity contribution in [3.05, 3.63) is 65.9 Å². The Labute approximate surface area is 228 Å². The van der Waals surface area contributed by atoms with Gasteiger partial charge in [-0.1, -0.05) is 20.3 Å². The van der Waals surface area contributed by atoms with Crippen LogP contribution >= 0.6 is 0 Å². The number of aryl methyl sites for hydroxylation is 1. The maximum atomic E-state index is 13.6. The van der Waals surface area contributed by atoms with Gasteiger partial charge in [-0.15, -0.1) is 0 Å². The number of benzene rings is 2. The van der Waals surface area contributed by atoms with Crippen molar-refractivity contribution in [2.24, 2.45) is 0 Å². The molecule has 206 valence electrons. The van der Waals surface area contributed by atoms with Crippen LogP contribution in [0.15, 0.2) is 53.4 Å². The van der Waals surface area contributed by atoms with Gasteiger partial charge in [-0.05, 0) is 61.9 Å². The van der Waals surface area contributed by atoms with Crippen LogP contribution in [0.1, 0.15) is 44.1 Å². The van der Waals surface area contributed by atoms with E-state index in [1.54, 1.807) is 48.2 Å². The average Bonchev–Trinajstić information content (AvgIpc) is 3.29. The number of sulfonamides is 1. The van der Waals surface area contributed by atoms with E-state index >= 15 is 0 Å². The lowest BCUT2D eigenvalue weighted by Crippen LogP contribution is -2.49. The molecule has 2 aromatic carbocycles. The first-order valence-electron chi connectivity index (χ1n) is 13.1. The van der Waals surface area contributed by atoms with Gasteiger partial charge >= 0.3 is 0 Å². The number of hydrogen-bond acceptors (Lipinski definition) is 7. The van der Waals surface area contributed by atoms with Crippen molar-refractivity contribution in [3.63, 3.8) is 0 Å². The smallest absolute Gasteiger partial charge is 0.243 e. The topological polar surface area (TPSA) is 93.5 Å². The van der Waals surface area contributed by atoms with Crippen LogP contribution < -0.4 is 9.64 Å². The molecule has 9 nitrogen and oxygen atoms in total. The van der Waals surface area contributed by atoms with Crippen molar-refractivity contribution in [3.8, 4) is 11.4 Å². The predicted molar refractivity (Wildman–Crippen MR) is 149 cm³/mol. The lowest BCUT2D eigenvalue weighted by molar-refractivity contribution is 0.383. The van der Waals surface area contributed by atoms with Crippen molar-refractivity contribution < 1.29 is 17.5 Å². The summed E-state index contributed by atoms with van der Waals surface area (Å²) in [6, 6.07) is 12.6. The molecule has 3 heterocycles. The Hall–Kier alpha value is -3.57. The first-order valence-corrected chi connectivity index (χ1v) is 14.6. The summed E-state index contributed by atoms with van der Waals surface area (Å²) in [4.78, 5) is 12.3. The van der Waals surface area contributed by atoms with E-state index in [4.69, 9.17) is 19.8 Å². The number of piperazine rings is 1. The van der Waals surface area contributed by atoms with E-state index in [2.05, 4.69) is 18.7 Å². The van der Waals surface area contributed by atoms with Crippen LogP contribution in [-0.4, -0.2) is 65.8 Å². The summed E-state index contributed by atoms with van der Waals surface area (Å²) >= 11 is 0. The predicted octanol–water partition coefficient (Wildman–Crippen LogP) is 4.69. The minimum absolute atomic E-state index is 0.131. The second-order valence-corrected chi connectivity index (χ2v) is 11.8. The van der Waals surface area contributed by atoms with Gasteiger partial charge in [-0.3, -0.25) is 0 Å². The number of rotatable bonds is 8. The fourth-order valence-electron chi connectivity index (χ4n) is 4.99. The molecule has 1 aliphatic rings. The number of fused-ring (bicyclic) bond motifs is 1. The van der Waals surface area contributed by atoms with Gasteiger partial charge in [0.15, 0.2) is 5.65 Å². The van der Waals surface area contributed by atoms with Gasteiger partial charge in [-0.2, -0.15) is 9.40 Å². The van der Waals surface area contributed by atoms with Gasteiger partial charge in [0, 0.05) is 32.1 Å². The molecule has 0 N–H and O–H groups in total. The van der Waals surface area contributed by atoms with Gasteiger partial charge in [0.25, 0.3) is 0 Å². The highest BCUT2D eigenvalue weighted by Crippen LogP contribution is 2.32. The summed E-state index contributed by atoms with van der Waals surface area (Å²) in [7, 11) is -2.09. The number of hydrogen-bond donors (Lipinski definition) is 0. The second kappa shape index (κ2) is 10.9. The van der Waals surface area contributed by atoms with E-state index in [9.17, 15) is 12.8 Å². The van der Waals surface area contributed by atoms with Crippen LogP contribution in [0.5, 0.6) is 5.75 Å². The third-order valence-corrected chi connectivity index (χ3v) is 9.08. The molecule has 1 aliphatic heterocycles. The summed E-state index contributed by atoms with van der Waals surface area (Å²) in [5.74, 6) is 1.89. The maximum absolute atomic E-state index is 13.6. The fourth-order valence-corrected chi connectivity index (χ4v) is 6.41. The Morgan fingerprint density at radius 2 is 1.67 bits per heavy atom. The average molecular weight is 553 g/mol. The zero-order chi connectivity index (χ0) is 27.7. The first-order chi connectivity index (χ1) is 18.7. The van der Waals surface area contributed by atoms with Crippen molar-refractivity contribution in [1.29, 1.82) is 0 Å². The molecule has 0 spiro atoms. The highest BCUT2D eigenvalue weighted by Gasteiger charge is 2.31. The Morgan fingerprint density at radius 1 is 1.00 bits per heavy atom. The molecule has 2 aromatic heterocycles. The molecule has 39 heavy (non-hydrogen) atoms. The van der Waals surface area contributed by atoms with Crippen LogP contribution in [0.2, 0.25) is 0 Å². The maximum Gasteiger partial charge on any atom is 0.243 e. The largest absolute Gasteiger partial charge is 0.497 e. The van der Waals surface area contributed by atoms with Crippen LogP contribution in [0, 0.1) is 12.7 Å². The molecule has 1 saturated heterocycles. The molecule has 0 radical (unpaired) electrons. The normalized spacial score (nSPS) is 15.6. The second-order valence-electron chi connectivity index (χ2n) is 9.83. The molecule has 5 rings (SSSR count). The first kappa shape index (κ1) is 27.0. The van der Waals surface area contributed by atoms with Crippen molar-refractivity contribution in [2.45, 2.75) is 44.4 Å². The summed E-state index contributed by atoms with van der Waals surface area (Å²) in [6.45, 7) is 7.75. The lowest BCUT2D eigenvalue weighted by atomic mass is 10.1. The molecule has 0 saturated carbocycles. The summed E-state index contributed by atoms with van der Waals surface area (Å²) in [5.41, 5.74) is 2.13. The Kier molecular flexibility index (Phi) is 7.55. The zero-order valence-corrected chi connectivity index (χ0v) is 23.4. The molecule has 0 amide bonds. The third-order valence-electron chi connectivity index (χ3n) is 7.17. The number of anilines is 1. The Balaban J connectivity index is 1.49. The Bertz CT molecular complexity index is 1560. The molecular weight excluding hydrogens is 519 g/mol. The SMILES string of the molecule is CCCC(C)c1nc(N2CCN(S(=O)(=O)c3ccc(OC)cc3)CC2)c2c(C)nn(-c3ccc(F)cc3)c2n1. The minimum Gasteiger partial charge on any atom is -0.497 e. The van der Waals surface area contributed by atoms with E-state index in [1.807, 2.05) is 6.92 Å². The van der Waals surface area contributed by atoms with E-state index in [0.717, 1.165) is 35.6 Å². The van der Waals surface area contributed by atoms with E-state index in [-0.39, 0.29) is 16.6 Å². The van der Waals surface area contributed by atoms with Gasteiger partial charge < -0.3 is 9.64 Å². The number of halogens is 1. The third kappa shape index (κ3) is 5.20. The summed E-state index contributed by atoms with van der Waals surface area (Å²) < 4.78 is 48.6. The van der Waals surface area contributed by atoms with Crippen molar-refractivity contribution >= 4 is 26.9 Å². The molecule has 1 atom stereocenters. The molecule has 1 fully saturated rings. The van der Waals surface area contributed by atoms with Crippen LogP contribution in [0.4, 0.5) is 10.2 Å². The van der Waals surface area contributed by atoms with Crippen molar-refractivity contribution in [2.75, 3.05) is 38.2 Å². The number of nitrogens with zero attached hydrogens (tertiary/aromatic N) is 6. The Morgan fingerprint density at radius 3 is 2.28 bits per heavy atom. The number of ether oxygens (including phenoxy) is 1.